The first-order chi connectivity index (χ1) is 15.6. The van der Waals surface area contributed by atoms with Crippen molar-refractivity contribution in [2.45, 2.75) is 0 Å². The van der Waals surface area contributed by atoms with Crippen molar-refractivity contribution >= 4 is 34.7 Å². The summed E-state index contributed by atoms with van der Waals surface area (Å²) < 4.78 is 19.9. The molecule has 2 amide bonds. The van der Waals surface area contributed by atoms with Gasteiger partial charge in [-0.25, -0.2) is 18.9 Å². The van der Waals surface area contributed by atoms with Crippen LogP contribution in [-0.2, 0) is 4.74 Å². The topological polar surface area (TPSA) is 89.4 Å². The van der Waals surface area contributed by atoms with Gasteiger partial charge in [0.25, 0.3) is 5.91 Å². The van der Waals surface area contributed by atoms with E-state index in [4.69, 9.17) is 4.74 Å². The van der Waals surface area contributed by atoms with E-state index in [1.54, 1.807) is 36.4 Å². The predicted molar refractivity (Wildman–Crippen MR) is 118 cm³/mol. The number of thiophene rings is 1. The quantitative estimate of drug-likeness (QED) is 0.490. The van der Waals surface area contributed by atoms with Gasteiger partial charge in [-0.2, -0.15) is 0 Å². The molecule has 8 nitrogen and oxygen atoms in total. The molecule has 0 spiro atoms. The number of rotatable bonds is 5. The normalized spacial score (nSPS) is 13.3. The summed E-state index contributed by atoms with van der Waals surface area (Å²) in [6, 6.07) is 16.4. The molecule has 10 heteroatoms. The van der Waals surface area contributed by atoms with Gasteiger partial charge in [-0.1, -0.05) is 18.2 Å². The number of hydrogen-bond donors (Lipinski definition) is 1. The zero-order chi connectivity index (χ0) is 22.1. The van der Waals surface area contributed by atoms with Gasteiger partial charge in [-0.15, -0.1) is 16.4 Å². The smallest absolute Gasteiger partial charge is 0.414 e. The van der Waals surface area contributed by atoms with E-state index in [9.17, 15) is 14.0 Å². The minimum atomic E-state index is -0.538. The minimum absolute atomic E-state index is 0.0588. The second kappa shape index (κ2) is 8.23. The molecule has 1 fully saturated rings. The molecular weight excluding hydrogens is 433 g/mol. The third-order valence-electron chi connectivity index (χ3n) is 4.83. The van der Waals surface area contributed by atoms with E-state index in [-0.39, 0.29) is 18.2 Å². The molecule has 5 rings (SSSR count). The van der Waals surface area contributed by atoms with Crippen molar-refractivity contribution in [1.82, 2.24) is 14.8 Å². The molecule has 1 saturated heterocycles. The number of nitrogens with one attached hydrogen (secondary N) is 1. The maximum absolute atomic E-state index is 13.4. The third kappa shape index (κ3) is 3.71. The van der Waals surface area contributed by atoms with Gasteiger partial charge in [-0.3, -0.25) is 9.69 Å². The highest BCUT2D eigenvalue weighted by molar-refractivity contribution is 7.13. The lowest BCUT2D eigenvalue weighted by atomic mass is 10.2. The van der Waals surface area contributed by atoms with E-state index in [2.05, 4.69) is 15.4 Å². The van der Waals surface area contributed by atoms with Crippen LogP contribution in [0.2, 0.25) is 0 Å². The van der Waals surface area contributed by atoms with Gasteiger partial charge in [0.15, 0.2) is 5.82 Å². The number of halogens is 1. The largest absolute Gasteiger partial charge is 0.447 e. The number of aromatic nitrogens is 3. The lowest BCUT2D eigenvalue weighted by Gasteiger charge is -2.17. The van der Waals surface area contributed by atoms with E-state index in [1.165, 1.54) is 33.1 Å². The second-order valence-corrected chi connectivity index (χ2v) is 7.81. The zero-order valence-corrected chi connectivity index (χ0v) is 17.4. The summed E-state index contributed by atoms with van der Waals surface area (Å²) >= 11 is 1.45. The average Bonchev–Trinajstić information content (AvgIpc) is 3.55. The van der Waals surface area contributed by atoms with Gasteiger partial charge in [0.05, 0.1) is 28.5 Å². The third-order valence-corrected chi connectivity index (χ3v) is 5.69. The summed E-state index contributed by atoms with van der Waals surface area (Å²) in [6.07, 6.45) is -0.467. The Bertz CT molecular complexity index is 1290. The van der Waals surface area contributed by atoms with Crippen LogP contribution in [0.1, 0.15) is 10.6 Å². The number of anilines is 2. The van der Waals surface area contributed by atoms with Gasteiger partial charge in [0, 0.05) is 0 Å². The minimum Gasteiger partial charge on any atom is -0.447 e. The first kappa shape index (κ1) is 19.9. The molecule has 4 aromatic rings. The van der Waals surface area contributed by atoms with Gasteiger partial charge in [-0.05, 0) is 47.8 Å². The molecular formula is C22H16FN5O3S. The fourth-order valence-corrected chi connectivity index (χ4v) is 4.04. The van der Waals surface area contributed by atoms with E-state index in [0.29, 0.717) is 29.4 Å². The molecule has 3 heterocycles. The second-order valence-electron chi connectivity index (χ2n) is 6.86. The van der Waals surface area contributed by atoms with E-state index in [1.807, 2.05) is 17.5 Å². The van der Waals surface area contributed by atoms with Crippen LogP contribution in [-0.4, -0.2) is 39.9 Å². The summed E-state index contributed by atoms with van der Waals surface area (Å²) in [7, 11) is 0. The van der Waals surface area contributed by atoms with Crippen LogP contribution in [0.15, 0.2) is 66.0 Å². The highest BCUT2D eigenvalue weighted by Crippen LogP contribution is 2.29. The Labute approximate surface area is 185 Å². The lowest BCUT2D eigenvalue weighted by molar-refractivity contribution is 0.101. The summed E-state index contributed by atoms with van der Waals surface area (Å²) in [4.78, 5) is 31.7. The number of carbonyl (C=O) groups is 2. The van der Waals surface area contributed by atoms with Gasteiger partial charge in [0.2, 0.25) is 5.82 Å². The summed E-state index contributed by atoms with van der Waals surface area (Å²) in [5.74, 6) is -0.505. The van der Waals surface area contributed by atoms with Crippen molar-refractivity contribution in [2.75, 3.05) is 23.4 Å². The summed E-state index contributed by atoms with van der Waals surface area (Å²) in [5, 5.41) is 9.06. The van der Waals surface area contributed by atoms with Crippen molar-refractivity contribution in [2.24, 2.45) is 0 Å². The summed E-state index contributed by atoms with van der Waals surface area (Å²) in [5.41, 5.74) is 1.54. The van der Waals surface area contributed by atoms with Crippen LogP contribution in [0.4, 0.5) is 20.6 Å². The Morgan fingerprint density at radius 2 is 1.91 bits per heavy atom. The fourth-order valence-electron chi connectivity index (χ4n) is 3.34. The molecule has 0 bridgehead atoms. The fraction of sp³-hybridized carbons (Fsp3) is 0.0909. The number of cyclic esters (lactones) is 1. The molecule has 1 aliphatic rings. The van der Waals surface area contributed by atoms with Crippen LogP contribution in [0.25, 0.3) is 16.4 Å². The van der Waals surface area contributed by atoms with Crippen LogP contribution in [0, 0.1) is 5.82 Å². The van der Waals surface area contributed by atoms with Gasteiger partial charge >= 0.3 is 6.09 Å². The molecule has 0 radical (unpaired) electrons. The predicted octanol–water partition coefficient (Wildman–Crippen LogP) is 4.34. The molecule has 1 aliphatic heterocycles. The maximum Gasteiger partial charge on any atom is 0.414 e. The van der Waals surface area contributed by atoms with Crippen molar-refractivity contribution in [3.63, 3.8) is 0 Å². The first-order valence-corrected chi connectivity index (χ1v) is 10.6. The van der Waals surface area contributed by atoms with Crippen LogP contribution in [0.3, 0.4) is 0 Å². The standard InChI is InChI=1S/C22H16FN5O3S/c23-14-7-9-15(10-8-14)28-20(18-6-3-13-32-18)25-19(26-28)21(29)24-16-4-1-2-5-17(16)27-11-12-31-22(27)30/h1-10,13H,11-12H2,(H,24,29). The van der Waals surface area contributed by atoms with E-state index < -0.39 is 12.0 Å². The number of nitrogens with zero attached hydrogens (tertiary/aromatic N) is 4. The Balaban J connectivity index is 1.50. The summed E-state index contributed by atoms with van der Waals surface area (Å²) in [6.45, 7) is 0.681. The monoisotopic (exact) mass is 449 g/mol. The number of amides is 2. The van der Waals surface area contributed by atoms with Crippen LogP contribution < -0.4 is 10.2 Å². The molecule has 32 heavy (non-hydrogen) atoms. The van der Waals surface area contributed by atoms with Crippen molar-refractivity contribution in [1.29, 1.82) is 0 Å². The number of ether oxygens (including phenoxy) is 1. The number of carbonyl (C=O) groups excluding carboxylic acids is 2. The molecule has 0 saturated carbocycles. The van der Waals surface area contributed by atoms with Gasteiger partial charge in [0.1, 0.15) is 12.4 Å². The zero-order valence-electron chi connectivity index (χ0n) is 16.6. The van der Waals surface area contributed by atoms with Crippen molar-refractivity contribution in [3.8, 4) is 16.4 Å². The van der Waals surface area contributed by atoms with Crippen molar-refractivity contribution in [3.05, 3.63) is 77.7 Å². The molecule has 160 valence electrons. The average molecular weight is 449 g/mol. The number of benzene rings is 2. The van der Waals surface area contributed by atoms with E-state index in [0.717, 1.165) is 4.88 Å². The Hall–Kier alpha value is -4.05. The molecule has 0 atom stereocenters. The molecule has 0 unspecified atom stereocenters. The number of para-hydroxylation sites is 2. The Morgan fingerprint density at radius 1 is 1.09 bits per heavy atom. The highest BCUT2D eigenvalue weighted by atomic mass is 32.1. The molecule has 0 aliphatic carbocycles. The maximum atomic E-state index is 13.4. The Morgan fingerprint density at radius 3 is 2.62 bits per heavy atom. The first-order valence-electron chi connectivity index (χ1n) is 9.72. The number of hydrogen-bond acceptors (Lipinski definition) is 6. The van der Waals surface area contributed by atoms with Gasteiger partial charge < -0.3 is 10.1 Å². The SMILES string of the molecule is O=C(Nc1ccccc1N1CCOC1=O)c1nc(-c2cccs2)n(-c2ccc(F)cc2)n1. The van der Waals surface area contributed by atoms with Crippen molar-refractivity contribution < 1.29 is 18.7 Å². The van der Waals surface area contributed by atoms with Crippen LogP contribution >= 0.6 is 11.3 Å². The lowest BCUT2D eigenvalue weighted by Crippen LogP contribution is -2.25. The molecule has 2 aromatic heterocycles. The highest BCUT2D eigenvalue weighted by Gasteiger charge is 2.27. The molecule has 2 aromatic carbocycles. The Kier molecular flexibility index (Phi) is 5.12. The van der Waals surface area contributed by atoms with E-state index >= 15 is 0 Å². The molecule has 1 N–H and O–H groups in total. The van der Waals surface area contributed by atoms with Crippen LogP contribution in [0.5, 0.6) is 0 Å².